The van der Waals surface area contributed by atoms with Crippen molar-refractivity contribution in [2.24, 2.45) is 0 Å². The monoisotopic (exact) mass is 268 g/mol. The number of carbonyl (C=O) groups excluding carboxylic acids is 1. The van der Waals surface area contributed by atoms with Gasteiger partial charge >= 0.3 is 6.09 Å². The maximum absolute atomic E-state index is 13.3. The van der Waals surface area contributed by atoms with Crippen molar-refractivity contribution >= 4 is 17.5 Å². The van der Waals surface area contributed by atoms with Gasteiger partial charge in [0.05, 0.1) is 31.2 Å². The molecule has 104 valence electrons. The average Bonchev–Trinajstić information content (AvgIpc) is 2.40. The molecule has 1 aromatic rings. The summed E-state index contributed by atoms with van der Waals surface area (Å²) in [5.74, 6) is -0.399. The van der Waals surface area contributed by atoms with E-state index in [9.17, 15) is 9.18 Å². The molecular weight excluding hydrogens is 251 g/mol. The number of carbonyl (C=O) groups is 1. The van der Waals surface area contributed by atoms with Crippen LogP contribution in [0.15, 0.2) is 18.2 Å². The topological polar surface area (TPSA) is 50.8 Å². The van der Waals surface area contributed by atoms with Gasteiger partial charge in [0.2, 0.25) is 0 Å². The molecule has 0 unspecified atom stereocenters. The number of hydrogen-bond donors (Lipinski definition) is 1. The first-order valence-electron chi connectivity index (χ1n) is 6.26. The summed E-state index contributed by atoms with van der Waals surface area (Å²) in [6.07, 6.45) is -0.581. The SMILES string of the molecule is CCOC(=O)Nc1cc(F)ccc1N1CCOCC1. The lowest BCUT2D eigenvalue weighted by Gasteiger charge is -2.30. The fraction of sp³-hybridized carbons (Fsp3) is 0.462. The van der Waals surface area contributed by atoms with Crippen LogP contribution in [-0.2, 0) is 9.47 Å². The van der Waals surface area contributed by atoms with Crippen molar-refractivity contribution in [3.63, 3.8) is 0 Å². The zero-order valence-electron chi connectivity index (χ0n) is 10.8. The highest BCUT2D eigenvalue weighted by molar-refractivity contribution is 5.89. The van der Waals surface area contributed by atoms with Crippen molar-refractivity contribution in [2.45, 2.75) is 6.92 Å². The van der Waals surface area contributed by atoms with E-state index in [0.717, 1.165) is 5.69 Å². The highest BCUT2D eigenvalue weighted by Crippen LogP contribution is 2.27. The first kappa shape index (κ1) is 13.6. The van der Waals surface area contributed by atoms with Crippen molar-refractivity contribution in [3.8, 4) is 0 Å². The summed E-state index contributed by atoms with van der Waals surface area (Å²) in [5.41, 5.74) is 1.19. The van der Waals surface area contributed by atoms with Crippen LogP contribution in [0.3, 0.4) is 0 Å². The van der Waals surface area contributed by atoms with Gasteiger partial charge in [0, 0.05) is 13.1 Å². The Morgan fingerprint density at radius 3 is 2.89 bits per heavy atom. The van der Waals surface area contributed by atoms with Gasteiger partial charge in [-0.2, -0.15) is 0 Å². The smallest absolute Gasteiger partial charge is 0.411 e. The quantitative estimate of drug-likeness (QED) is 0.913. The second-order valence-corrected chi connectivity index (χ2v) is 4.11. The molecule has 1 N–H and O–H groups in total. The highest BCUT2D eigenvalue weighted by Gasteiger charge is 2.17. The van der Waals surface area contributed by atoms with Crippen molar-refractivity contribution in [1.29, 1.82) is 0 Å². The average molecular weight is 268 g/mol. The van der Waals surface area contributed by atoms with Crippen LogP contribution in [-0.4, -0.2) is 39.0 Å². The first-order chi connectivity index (χ1) is 9.20. The van der Waals surface area contributed by atoms with Crippen molar-refractivity contribution in [3.05, 3.63) is 24.0 Å². The van der Waals surface area contributed by atoms with Crippen LogP contribution in [0.2, 0.25) is 0 Å². The molecule has 0 spiro atoms. The van der Waals surface area contributed by atoms with Crippen molar-refractivity contribution in [1.82, 2.24) is 0 Å². The number of morpholine rings is 1. The summed E-state index contributed by atoms with van der Waals surface area (Å²) < 4.78 is 23.4. The van der Waals surface area contributed by atoms with Gasteiger partial charge in [-0.1, -0.05) is 0 Å². The number of benzene rings is 1. The summed E-state index contributed by atoms with van der Waals surface area (Å²) in [5, 5.41) is 2.57. The number of rotatable bonds is 3. The Hall–Kier alpha value is -1.82. The number of amides is 1. The third-order valence-corrected chi connectivity index (χ3v) is 2.82. The van der Waals surface area contributed by atoms with Gasteiger partial charge < -0.3 is 14.4 Å². The number of nitrogens with one attached hydrogen (secondary N) is 1. The highest BCUT2D eigenvalue weighted by atomic mass is 19.1. The Labute approximate surface area is 111 Å². The van der Waals surface area contributed by atoms with E-state index in [-0.39, 0.29) is 6.61 Å². The molecule has 1 saturated heterocycles. The molecule has 1 aromatic carbocycles. The minimum Gasteiger partial charge on any atom is -0.450 e. The minimum absolute atomic E-state index is 0.272. The van der Waals surface area contributed by atoms with Crippen LogP contribution >= 0.6 is 0 Å². The van der Waals surface area contributed by atoms with E-state index in [1.165, 1.54) is 12.1 Å². The third-order valence-electron chi connectivity index (χ3n) is 2.82. The maximum Gasteiger partial charge on any atom is 0.411 e. The lowest BCUT2D eigenvalue weighted by Crippen LogP contribution is -2.36. The van der Waals surface area contributed by atoms with Crippen LogP contribution in [0, 0.1) is 5.82 Å². The molecule has 0 atom stereocenters. The van der Waals surface area contributed by atoms with E-state index in [0.29, 0.717) is 32.0 Å². The molecule has 0 aliphatic carbocycles. The fourth-order valence-electron chi connectivity index (χ4n) is 1.97. The van der Waals surface area contributed by atoms with E-state index < -0.39 is 11.9 Å². The van der Waals surface area contributed by atoms with Crippen molar-refractivity contribution < 1.29 is 18.7 Å². The zero-order chi connectivity index (χ0) is 13.7. The summed E-state index contributed by atoms with van der Waals surface area (Å²) in [6.45, 7) is 4.65. The Balaban J connectivity index is 2.19. The van der Waals surface area contributed by atoms with E-state index in [1.807, 2.05) is 4.90 Å². The second kappa shape index (κ2) is 6.38. The summed E-state index contributed by atoms with van der Waals surface area (Å²) in [7, 11) is 0. The van der Waals surface area contributed by atoms with E-state index in [4.69, 9.17) is 9.47 Å². The molecule has 0 aromatic heterocycles. The summed E-state index contributed by atoms with van der Waals surface area (Å²) in [6, 6.07) is 4.32. The van der Waals surface area contributed by atoms with Gasteiger partial charge in [-0.05, 0) is 25.1 Å². The van der Waals surface area contributed by atoms with Gasteiger partial charge in [0.25, 0.3) is 0 Å². The summed E-state index contributed by atoms with van der Waals surface area (Å²) in [4.78, 5) is 13.5. The number of nitrogens with zero attached hydrogens (tertiary/aromatic N) is 1. The fourth-order valence-corrected chi connectivity index (χ4v) is 1.97. The van der Waals surface area contributed by atoms with Crippen LogP contribution in [0.1, 0.15) is 6.92 Å². The Bertz CT molecular complexity index is 448. The van der Waals surface area contributed by atoms with Gasteiger partial charge in [0.1, 0.15) is 5.82 Å². The molecule has 0 radical (unpaired) electrons. The third kappa shape index (κ3) is 3.57. The maximum atomic E-state index is 13.3. The van der Waals surface area contributed by atoms with Crippen molar-refractivity contribution in [2.75, 3.05) is 43.1 Å². The van der Waals surface area contributed by atoms with Gasteiger partial charge in [0.15, 0.2) is 0 Å². The first-order valence-corrected chi connectivity index (χ1v) is 6.26. The molecule has 19 heavy (non-hydrogen) atoms. The molecule has 6 heteroatoms. The van der Waals surface area contributed by atoms with Crippen LogP contribution in [0.25, 0.3) is 0 Å². The lowest BCUT2D eigenvalue weighted by molar-refractivity contribution is 0.123. The summed E-state index contributed by atoms with van der Waals surface area (Å²) >= 11 is 0. The largest absolute Gasteiger partial charge is 0.450 e. The Morgan fingerprint density at radius 2 is 2.21 bits per heavy atom. The molecule has 2 rings (SSSR count). The number of hydrogen-bond acceptors (Lipinski definition) is 4. The molecule has 1 amide bonds. The Morgan fingerprint density at radius 1 is 1.47 bits per heavy atom. The lowest BCUT2D eigenvalue weighted by atomic mass is 10.2. The number of ether oxygens (including phenoxy) is 2. The zero-order valence-corrected chi connectivity index (χ0v) is 10.8. The molecule has 1 fully saturated rings. The molecule has 5 nitrogen and oxygen atoms in total. The van der Waals surface area contributed by atoms with Crippen LogP contribution in [0.4, 0.5) is 20.6 Å². The van der Waals surface area contributed by atoms with Gasteiger partial charge in [-0.15, -0.1) is 0 Å². The van der Waals surface area contributed by atoms with E-state index in [1.54, 1.807) is 13.0 Å². The molecule has 1 heterocycles. The van der Waals surface area contributed by atoms with Crippen LogP contribution in [0.5, 0.6) is 0 Å². The predicted octanol–water partition coefficient (Wildman–Crippen LogP) is 2.23. The Kier molecular flexibility index (Phi) is 4.57. The standard InChI is InChI=1S/C13H17FN2O3/c1-2-19-13(17)15-11-9-10(14)3-4-12(11)16-5-7-18-8-6-16/h3-4,9H,2,5-8H2,1H3,(H,15,17). The molecule has 1 aliphatic heterocycles. The second-order valence-electron chi connectivity index (χ2n) is 4.11. The predicted molar refractivity (Wildman–Crippen MR) is 70.1 cm³/mol. The van der Waals surface area contributed by atoms with Gasteiger partial charge in [-0.25, -0.2) is 9.18 Å². The van der Waals surface area contributed by atoms with Crippen LogP contribution < -0.4 is 10.2 Å². The van der Waals surface area contributed by atoms with E-state index >= 15 is 0 Å². The van der Waals surface area contributed by atoms with E-state index in [2.05, 4.69) is 5.32 Å². The number of anilines is 2. The normalized spacial score (nSPS) is 15.2. The number of halogens is 1. The molecule has 0 saturated carbocycles. The molecule has 0 bridgehead atoms. The minimum atomic E-state index is -0.581. The molecule has 1 aliphatic rings. The van der Waals surface area contributed by atoms with Gasteiger partial charge in [-0.3, -0.25) is 5.32 Å². The molecular formula is C13H17FN2O3.